The molecule has 2 aromatic rings. The molecule has 0 aliphatic carbocycles. The first-order valence-corrected chi connectivity index (χ1v) is 7.40. The number of rotatable bonds is 6. The van der Waals surface area contributed by atoms with Gasteiger partial charge in [-0.1, -0.05) is 18.2 Å². The zero-order valence-corrected chi connectivity index (χ0v) is 13.1. The fraction of sp³-hybridized carbons (Fsp3) is 0.278. The molecular weight excluding hydrogens is 276 g/mol. The maximum absolute atomic E-state index is 11.9. The lowest BCUT2D eigenvalue weighted by Crippen LogP contribution is -2.13. The number of ether oxygens (including phenoxy) is 1. The molecule has 2 rings (SSSR count). The molecule has 3 N–H and O–H groups in total. The van der Waals surface area contributed by atoms with Gasteiger partial charge in [-0.3, -0.25) is 4.79 Å². The second-order valence-corrected chi connectivity index (χ2v) is 5.41. The molecule has 4 nitrogen and oxygen atoms in total. The van der Waals surface area contributed by atoms with E-state index in [-0.39, 0.29) is 5.91 Å². The minimum absolute atomic E-state index is 0.00497. The number of nitrogens with two attached hydrogens (primary N) is 1. The Balaban J connectivity index is 1.75. The molecule has 4 heteroatoms. The molecule has 0 aliphatic heterocycles. The maximum atomic E-state index is 11.9. The summed E-state index contributed by atoms with van der Waals surface area (Å²) in [5, 5.41) is 2.91. The monoisotopic (exact) mass is 298 g/mol. The number of benzene rings is 2. The van der Waals surface area contributed by atoms with Crippen LogP contribution in [0.15, 0.2) is 42.5 Å². The molecule has 0 radical (unpaired) electrons. The third kappa shape index (κ3) is 4.81. The Morgan fingerprint density at radius 2 is 1.82 bits per heavy atom. The Labute approximate surface area is 131 Å². The van der Waals surface area contributed by atoms with Gasteiger partial charge in [-0.2, -0.15) is 0 Å². The second-order valence-electron chi connectivity index (χ2n) is 5.41. The van der Waals surface area contributed by atoms with Crippen molar-refractivity contribution in [1.29, 1.82) is 0 Å². The van der Waals surface area contributed by atoms with Crippen LogP contribution in [0.5, 0.6) is 5.75 Å². The minimum Gasteiger partial charge on any atom is -0.491 e. The topological polar surface area (TPSA) is 64.3 Å². The van der Waals surface area contributed by atoms with E-state index in [1.54, 1.807) is 6.07 Å². The number of amides is 1. The first-order chi connectivity index (χ1) is 10.5. The fourth-order valence-corrected chi connectivity index (χ4v) is 2.30. The van der Waals surface area contributed by atoms with Crippen LogP contribution in [0, 0.1) is 13.8 Å². The Hall–Kier alpha value is -2.49. The van der Waals surface area contributed by atoms with Crippen LogP contribution in [-0.4, -0.2) is 12.5 Å². The van der Waals surface area contributed by atoms with Gasteiger partial charge in [0.1, 0.15) is 5.75 Å². The number of anilines is 2. The van der Waals surface area contributed by atoms with E-state index in [2.05, 4.69) is 11.4 Å². The molecule has 0 spiro atoms. The summed E-state index contributed by atoms with van der Waals surface area (Å²) in [6.07, 6.45) is 1.06. The van der Waals surface area contributed by atoms with Crippen LogP contribution in [0.1, 0.15) is 24.0 Å². The number of carbonyl (C=O) groups excluding carboxylic acids is 1. The first-order valence-electron chi connectivity index (χ1n) is 7.40. The average molecular weight is 298 g/mol. The molecule has 0 fully saturated rings. The van der Waals surface area contributed by atoms with Crippen molar-refractivity contribution in [3.63, 3.8) is 0 Å². The summed E-state index contributed by atoms with van der Waals surface area (Å²) >= 11 is 0. The largest absolute Gasteiger partial charge is 0.491 e. The van der Waals surface area contributed by atoms with Gasteiger partial charge < -0.3 is 15.8 Å². The van der Waals surface area contributed by atoms with Gasteiger partial charge in [0.25, 0.3) is 0 Å². The van der Waals surface area contributed by atoms with Gasteiger partial charge in [-0.15, -0.1) is 0 Å². The molecule has 0 aromatic heterocycles. The summed E-state index contributed by atoms with van der Waals surface area (Å²) in [5.74, 6) is 0.659. The van der Waals surface area contributed by atoms with E-state index in [0.717, 1.165) is 16.8 Å². The SMILES string of the molecule is Cc1cc(C)cc(NC(=O)CCCOc2ccccc2N)c1. The molecule has 2 aromatic carbocycles. The van der Waals surface area contributed by atoms with Crippen LogP contribution >= 0.6 is 0 Å². The van der Waals surface area contributed by atoms with Crippen molar-refractivity contribution in [2.45, 2.75) is 26.7 Å². The van der Waals surface area contributed by atoms with E-state index in [1.165, 1.54) is 0 Å². The normalized spacial score (nSPS) is 10.3. The van der Waals surface area contributed by atoms with E-state index in [9.17, 15) is 4.79 Å². The minimum atomic E-state index is -0.00497. The zero-order valence-electron chi connectivity index (χ0n) is 13.1. The van der Waals surface area contributed by atoms with E-state index in [1.807, 2.05) is 44.2 Å². The van der Waals surface area contributed by atoms with Gasteiger partial charge in [0.05, 0.1) is 12.3 Å². The Morgan fingerprint density at radius 1 is 1.14 bits per heavy atom. The molecule has 0 unspecified atom stereocenters. The van der Waals surface area contributed by atoms with Crippen molar-refractivity contribution < 1.29 is 9.53 Å². The molecule has 0 heterocycles. The summed E-state index contributed by atoms with van der Waals surface area (Å²) in [5.41, 5.74) is 9.52. The van der Waals surface area contributed by atoms with Crippen LogP contribution < -0.4 is 15.8 Å². The molecule has 1 amide bonds. The predicted molar refractivity (Wildman–Crippen MR) is 90.1 cm³/mol. The summed E-state index contributed by atoms with van der Waals surface area (Å²) < 4.78 is 5.57. The second kappa shape index (κ2) is 7.50. The number of carbonyl (C=O) groups is 1. The van der Waals surface area contributed by atoms with Crippen molar-refractivity contribution in [3.8, 4) is 5.75 Å². The van der Waals surface area contributed by atoms with Crippen molar-refractivity contribution in [2.75, 3.05) is 17.7 Å². The van der Waals surface area contributed by atoms with Crippen LogP contribution in [0.3, 0.4) is 0 Å². The lowest BCUT2D eigenvalue weighted by atomic mass is 10.1. The lowest BCUT2D eigenvalue weighted by molar-refractivity contribution is -0.116. The first kappa shape index (κ1) is 15.9. The number of para-hydroxylation sites is 2. The molecule has 0 saturated heterocycles. The van der Waals surface area contributed by atoms with Crippen molar-refractivity contribution in [2.24, 2.45) is 0 Å². The molecule has 22 heavy (non-hydrogen) atoms. The van der Waals surface area contributed by atoms with E-state index in [4.69, 9.17) is 10.5 Å². The third-order valence-corrected chi connectivity index (χ3v) is 3.23. The van der Waals surface area contributed by atoms with Crippen LogP contribution in [0.25, 0.3) is 0 Å². The number of nitrogen functional groups attached to an aromatic ring is 1. The van der Waals surface area contributed by atoms with Crippen molar-refractivity contribution in [1.82, 2.24) is 0 Å². The number of hydrogen-bond acceptors (Lipinski definition) is 3. The third-order valence-electron chi connectivity index (χ3n) is 3.23. The van der Waals surface area contributed by atoms with Crippen molar-refractivity contribution in [3.05, 3.63) is 53.6 Å². The lowest BCUT2D eigenvalue weighted by Gasteiger charge is -2.09. The van der Waals surface area contributed by atoms with Crippen LogP contribution in [0.4, 0.5) is 11.4 Å². The van der Waals surface area contributed by atoms with Gasteiger partial charge in [0, 0.05) is 12.1 Å². The van der Waals surface area contributed by atoms with Crippen LogP contribution in [-0.2, 0) is 4.79 Å². The molecule has 0 bridgehead atoms. The Bertz CT molecular complexity index is 633. The molecule has 0 saturated carbocycles. The standard InChI is InChI=1S/C18H22N2O2/c1-13-10-14(2)12-15(11-13)20-18(21)8-5-9-22-17-7-4-3-6-16(17)19/h3-4,6-7,10-12H,5,8-9,19H2,1-2H3,(H,20,21). The highest BCUT2D eigenvalue weighted by molar-refractivity contribution is 5.90. The van der Waals surface area contributed by atoms with Gasteiger partial charge in [0.15, 0.2) is 0 Å². The van der Waals surface area contributed by atoms with Gasteiger partial charge in [-0.05, 0) is 55.7 Å². The summed E-state index contributed by atoms with van der Waals surface area (Å²) in [6.45, 7) is 4.50. The molecule has 0 atom stereocenters. The number of hydrogen-bond donors (Lipinski definition) is 2. The molecule has 0 aliphatic rings. The van der Waals surface area contributed by atoms with E-state index >= 15 is 0 Å². The van der Waals surface area contributed by atoms with Crippen molar-refractivity contribution >= 4 is 17.3 Å². The van der Waals surface area contributed by atoms with Gasteiger partial charge >= 0.3 is 0 Å². The summed E-state index contributed by atoms with van der Waals surface area (Å²) in [6, 6.07) is 13.4. The Morgan fingerprint density at radius 3 is 2.50 bits per heavy atom. The zero-order chi connectivity index (χ0) is 15.9. The summed E-state index contributed by atoms with van der Waals surface area (Å²) in [7, 11) is 0. The highest BCUT2D eigenvalue weighted by atomic mass is 16.5. The highest BCUT2D eigenvalue weighted by Crippen LogP contribution is 2.20. The molecule has 116 valence electrons. The number of nitrogens with one attached hydrogen (secondary N) is 1. The number of aryl methyl sites for hydroxylation is 2. The fourth-order valence-electron chi connectivity index (χ4n) is 2.30. The quantitative estimate of drug-likeness (QED) is 0.631. The van der Waals surface area contributed by atoms with Gasteiger partial charge in [0.2, 0.25) is 5.91 Å². The van der Waals surface area contributed by atoms with Gasteiger partial charge in [-0.25, -0.2) is 0 Å². The summed E-state index contributed by atoms with van der Waals surface area (Å²) in [4.78, 5) is 11.9. The molecular formula is C18H22N2O2. The average Bonchev–Trinajstić information content (AvgIpc) is 2.44. The maximum Gasteiger partial charge on any atom is 0.224 e. The smallest absolute Gasteiger partial charge is 0.224 e. The van der Waals surface area contributed by atoms with Crippen LogP contribution in [0.2, 0.25) is 0 Å². The highest BCUT2D eigenvalue weighted by Gasteiger charge is 2.04. The Kier molecular flexibility index (Phi) is 5.42. The van der Waals surface area contributed by atoms with E-state index in [0.29, 0.717) is 30.9 Å². The van der Waals surface area contributed by atoms with E-state index < -0.39 is 0 Å². The predicted octanol–water partition coefficient (Wildman–Crippen LogP) is 3.68.